The molecular formula is C19H36N2O. The third-order valence-corrected chi connectivity index (χ3v) is 5.82. The molecule has 128 valence electrons. The monoisotopic (exact) mass is 308 g/mol. The van der Waals surface area contributed by atoms with E-state index in [1.807, 2.05) is 0 Å². The van der Waals surface area contributed by atoms with Crippen molar-refractivity contribution < 1.29 is 4.79 Å². The van der Waals surface area contributed by atoms with E-state index in [1.165, 1.54) is 64.2 Å². The second-order valence-corrected chi connectivity index (χ2v) is 7.73. The molecule has 22 heavy (non-hydrogen) atoms. The van der Waals surface area contributed by atoms with E-state index in [2.05, 4.69) is 12.2 Å². The van der Waals surface area contributed by atoms with Crippen LogP contribution < -0.4 is 11.1 Å². The molecule has 0 heterocycles. The van der Waals surface area contributed by atoms with Gasteiger partial charge in [0.1, 0.15) is 0 Å². The van der Waals surface area contributed by atoms with Crippen LogP contribution in [-0.4, -0.2) is 18.0 Å². The van der Waals surface area contributed by atoms with Crippen LogP contribution in [0.3, 0.4) is 0 Å². The lowest BCUT2D eigenvalue weighted by molar-refractivity contribution is -0.126. The number of amides is 1. The summed E-state index contributed by atoms with van der Waals surface area (Å²) in [5.41, 5.74) is 6.09. The molecule has 1 amide bonds. The molecule has 0 aromatic carbocycles. The van der Waals surface area contributed by atoms with Crippen LogP contribution in [0.2, 0.25) is 0 Å². The molecule has 2 rings (SSSR count). The van der Waals surface area contributed by atoms with Crippen molar-refractivity contribution in [1.82, 2.24) is 5.32 Å². The van der Waals surface area contributed by atoms with Gasteiger partial charge in [0.15, 0.2) is 0 Å². The number of hydrogen-bond acceptors (Lipinski definition) is 2. The molecule has 3 heteroatoms. The first-order valence-electron chi connectivity index (χ1n) is 9.72. The predicted octanol–water partition coefficient (Wildman–Crippen LogP) is 4.15. The smallest absolute Gasteiger partial charge is 0.223 e. The first kappa shape index (κ1) is 17.8. The third kappa shape index (κ3) is 5.91. The maximum absolute atomic E-state index is 12.6. The molecule has 2 unspecified atom stereocenters. The Morgan fingerprint density at radius 3 is 2.09 bits per heavy atom. The molecule has 3 atom stereocenters. The summed E-state index contributed by atoms with van der Waals surface area (Å²) in [5, 5.41) is 3.37. The van der Waals surface area contributed by atoms with Crippen LogP contribution in [0, 0.1) is 11.8 Å². The van der Waals surface area contributed by atoms with Crippen molar-refractivity contribution in [2.45, 2.75) is 102 Å². The van der Waals surface area contributed by atoms with Gasteiger partial charge in [0.25, 0.3) is 0 Å². The van der Waals surface area contributed by atoms with Crippen molar-refractivity contribution in [2.75, 3.05) is 0 Å². The molecule has 0 radical (unpaired) electrons. The molecule has 2 saturated carbocycles. The molecule has 2 fully saturated rings. The van der Waals surface area contributed by atoms with Crippen molar-refractivity contribution in [2.24, 2.45) is 17.6 Å². The number of nitrogens with one attached hydrogen (secondary N) is 1. The van der Waals surface area contributed by atoms with Gasteiger partial charge in [0.05, 0.1) is 0 Å². The minimum Gasteiger partial charge on any atom is -0.353 e. The molecule has 3 N–H and O–H groups in total. The second kappa shape index (κ2) is 9.54. The van der Waals surface area contributed by atoms with Crippen molar-refractivity contribution in [3.8, 4) is 0 Å². The highest BCUT2D eigenvalue weighted by atomic mass is 16.1. The van der Waals surface area contributed by atoms with Gasteiger partial charge in [-0.05, 0) is 51.4 Å². The van der Waals surface area contributed by atoms with Crippen molar-refractivity contribution >= 4 is 5.91 Å². The van der Waals surface area contributed by atoms with Gasteiger partial charge in [0.2, 0.25) is 5.91 Å². The van der Waals surface area contributed by atoms with E-state index in [0.717, 1.165) is 19.3 Å². The maximum atomic E-state index is 12.6. The minimum atomic E-state index is 0.245. The topological polar surface area (TPSA) is 55.1 Å². The lowest BCUT2D eigenvalue weighted by Crippen LogP contribution is -2.38. The zero-order chi connectivity index (χ0) is 15.8. The summed E-state index contributed by atoms with van der Waals surface area (Å²) in [6.07, 6.45) is 15.8. The van der Waals surface area contributed by atoms with E-state index in [9.17, 15) is 4.79 Å². The predicted molar refractivity (Wildman–Crippen MR) is 92.6 cm³/mol. The summed E-state index contributed by atoms with van der Waals surface area (Å²) in [7, 11) is 0. The normalized spacial score (nSPS) is 30.5. The van der Waals surface area contributed by atoms with Gasteiger partial charge >= 0.3 is 0 Å². The first-order valence-corrected chi connectivity index (χ1v) is 9.72. The number of nitrogens with two attached hydrogens (primary N) is 1. The van der Waals surface area contributed by atoms with E-state index in [-0.39, 0.29) is 5.92 Å². The van der Waals surface area contributed by atoms with Crippen LogP contribution in [0.15, 0.2) is 0 Å². The van der Waals surface area contributed by atoms with Gasteiger partial charge in [-0.1, -0.05) is 44.9 Å². The highest BCUT2D eigenvalue weighted by molar-refractivity contribution is 5.78. The number of hydrogen-bond donors (Lipinski definition) is 2. The van der Waals surface area contributed by atoms with Gasteiger partial charge in [-0.2, -0.15) is 0 Å². The molecule has 0 bridgehead atoms. The molecule has 0 saturated heterocycles. The van der Waals surface area contributed by atoms with Crippen LogP contribution in [0.4, 0.5) is 0 Å². The molecule has 0 aliphatic heterocycles. The van der Waals surface area contributed by atoms with Crippen molar-refractivity contribution in [1.29, 1.82) is 0 Å². The van der Waals surface area contributed by atoms with E-state index < -0.39 is 0 Å². The Hall–Kier alpha value is -0.570. The molecular weight excluding hydrogens is 272 g/mol. The van der Waals surface area contributed by atoms with Gasteiger partial charge in [0, 0.05) is 18.0 Å². The molecule has 2 aliphatic carbocycles. The summed E-state index contributed by atoms with van der Waals surface area (Å²) >= 11 is 0. The summed E-state index contributed by atoms with van der Waals surface area (Å²) in [4.78, 5) is 12.6. The van der Waals surface area contributed by atoms with Crippen LogP contribution in [0.5, 0.6) is 0 Å². The lowest BCUT2D eigenvalue weighted by Gasteiger charge is -2.22. The number of carbonyl (C=O) groups is 1. The zero-order valence-corrected chi connectivity index (χ0v) is 14.5. The summed E-state index contributed by atoms with van der Waals surface area (Å²) in [6, 6.07) is 0.746. The van der Waals surface area contributed by atoms with Gasteiger partial charge in [-0.3, -0.25) is 4.79 Å². The Bertz CT molecular complexity index is 321. The Kier molecular flexibility index (Phi) is 7.71. The Morgan fingerprint density at radius 2 is 1.41 bits per heavy atom. The number of rotatable bonds is 3. The SMILES string of the molecule is C[C@@H](N)C1CCCCC(C(=O)NC2CCCCCC2)CCC1. The number of carbonyl (C=O) groups excluding carboxylic acids is 1. The lowest BCUT2D eigenvalue weighted by atomic mass is 9.90. The van der Waals surface area contributed by atoms with Crippen LogP contribution >= 0.6 is 0 Å². The van der Waals surface area contributed by atoms with E-state index >= 15 is 0 Å². The molecule has 0 aromatic rings. The van der Waals surface area contributed by atoms with Crippen LogP contribution in [-0.2, 0) is 4.79 Å². The first-order chi connectivity index (χ1) is 10.7. The average Bonchev–Trinajstić information content (AvgIpc) is 2.67. The highest BCUT2D eigenvalue weighted by Gasteiger charge is 2.24. The Labute approximate surface area is 136 Å². The maximum Gasteiger partial charge on any atom is 0.223 e. The molecule has 2 aliphatic rings. The average molecular weight is 309 g/mol. The van der Waals surface area contributed by atoms with Crippen molar-refractivity contribution in [3.05, 3.63) is 0 Å². The fourth-order valence-electron chi connectivity index (χ4n) is 4.24. The van der Waals surface area contributed by atoms with E-state index in [4.69, 9.17) is 5.73 Å². The highest BCUT2D eigenvalue weighted by Crippen LogP contribution is 2.27. The minimum absolute atomic E-state index is 0.245. The summed E-state index contributed by atoms with van der Waals surface area (Å²) in [5.74, 6) is 1.24. The van der Waals surface area contributed by atoms with Crippen LogP contribution in [0.1, 0.15) is 90.4 Å². The Morgan fingerprint density at radius 1 is 0.864 bits per heavy atom. The van der Waals surface area contributed by atoms with Crippen LogP contribution in [0.25, 0.3) is 0 Å². The van der Waals surface area contributed by atoms with Crippen molar-refractivity contribution in [3.63, 3.8) is 0 Å². The third-order valence-electron chi connectivity index (χ3n) is 5.82. The van der Waals surface area contributed by atoms with E-state index in [1.54, 1.807) is 0 Å². The molecule has 0 spiro atoms. The largest absolute Gasteiger partial charge is 0.353 e. The Balaban J connectivity index is 1.80. The summed E-state index contributed by atoms with van der Waals surface area (Å²) < 4.78 is 0. The van der Waals surface area contributed by atoms with Gasteiger partial charge in [-0.25, -0.2) is 0 Å². The molecule has 3 nitrogen and oxygen atoms in total. The summed E-state index contributed by atoms with van der Waals surface area (Å²) in [6.45, 7) is 2.14. The van der Waals surface area contributed by atoms with Gasteiger partial charge < -0.3 is 11.1 Å². The van der Waals surface area contributed by atoms with E-state index in [0.29, 0.717) is 23.9 Å². The zero-order valence-electron chi connectivity index (χ0n) is 14.5. The fourth-order valence-corrected chi connectivity index (χ4v) is 4.24. The molecule has 0 aromatic heterocycles. The quantitative estimate of drug-likeness (QED) is 0.770. The standard InChI is InChI=1S/C19H36N2O/c1-15(20)16-9-6-7-10-17(12-8-11-16)19(22)21-18-13-4-2-3-5-14-18/h15-18H,2-14,20H2,1H3,(H,21,22)/t15-,16?,17?/m1/s1. The second-order valence-electron chi connectivity index (χ2n) is 7.73. The van der Waals surface area contributed by atoms with Gasteiger partial charge in [-0.15, -0.1) is 0 Å². The fraction of sp³-hybridized carbons (Fsp3) is 0.947.